The normalized spacial score (nSPS) is 18.5. The van der Waals surface area contributed by atoms with E-state index in [1.807, 2.05) is 35.8 Å². The number of aryl methyl sites for hydroxylation is 2. The molecule has 0 saturated heterocycles. The van der Waals surface area contributed by atoms with Crippen molar-refractivity contribution >= 4 is 37.6 Å². The highest BCUT2D eigenvalue weighted by atomic mass is 32.2. The van der Waals surface area contributed by atoms with Crippen LogP contribution in [-0.4, -0.2) is 42.0 Å². The summed E-state index contributed by atoms with van der Waals surface area (Å²) in [6.45, 7) is 5.30. The molecule has 4 rings (SSSR count). The van der Waals surface area contributed by atoms with E-state index in [2.05, 4.69) is 9.44 Å². The number of rotatable bonds is 6. The minimum absolute atomic E-state index is 0.135. The Hall–Kier alpha value is -2.97. The van der Waals surface area contributed by atoms with Gasteiger partial charge in [0.1, 0.15) is 0 Å². The zero-order valence-electron chi connectivity index (χ0n) is 19.8. The van der Waals surface area contributed by atoms with Gasteiger partial charge in [-0.25, -0.2) is 0 Å². The molecule has 1 atom stereocenters. The smallest absolute Gasteiger partial charge is 0.339 e. The number of nitrogens with zero attached hydrogens (tertiary/aromatic N) is 2. The average molecular weight is 574 g/mol. The predicted molar refractivity (Wildman–Crippen MR) is 120 cm³/mol. The van der Waals surface area contributed by atoms with Gasteiger partial charge in [0, 0.05) is 34.3 Å². The van der Waals surface area contributed by atoms with E-state index in [1.165, 1.54) is 6.07 Å². The van der Waals surface area contributed by atoms with Crippen LogP contribution in [-0.2, 0) is 20.9 Å². The predicted octanol–water partition coefficient (Wildman–Crippen LogP) is 6.93. The molecule has 0 radical (unpaired) electrons. The zero-order valence-corrected chi connectivity index (χ0v) is 20.6. The molecule has 5 nitrogen and oxygen atoms in total. The standard InChI is InChI=1S/C23H19F9N2O3S/c1-4-13-10-34-17-6-5-11(2)7-14(17)15-8-12(3)9-16(19(15)34)18(13)33-37-38(35,36)23(31,32)21(26,27)20(24,25)22(28,29)30/h5-9,13H,4,10H2,1-3H3/b33-18+. The molecule has 15 heteroatoms. The largest absolute Gasteiger partial charge is 0.460 e. The molecule has 3 aromatic rings. The third-order valence-corrected chi connectivity index (χ3v) is 7.63. The summed E-state index contributed by atoms with van der Waals surface area (Å²) in [6, 6.07) is 8.93. The van der Waals surface area contributed by atoms with E-state index >= 15 is 0 Å². The van der Waals surface area contributed by atoms with Gasteiger partial charge in [-0.15, -0.1) is 0 Å². The Morgan fingerprint density at radius 1 is 0.921 bits per heavy atom. The van der Waals surface area contributed by atoms with Crippen LogP contribution in [0.15, 0.2) is 35.5 Å². The molecule has 1 aromatic heterocycles. The van der Waals surface area contributed by atoms with Crippen LogP contribution in [0.3, 0.4) is 0 Å². The highest BCUT2D eigenvalue weighted by Crippen LogP contribution is 2.55. The molecule has 2 heterocycles. The lowest BCUT2D eigenvalue weighted by Gasteiger charge is -2.32. The molecule has 1 aliphatic rings. The Morgan fingerprint density at radius 2 is 1.53 bits per heavy atom. The number of oxime groups is 1. The number of alkyl halides is 9. The molecule has 208 valence electrons. The van der Waals surface area contributed by atoms with Crippen molar-refractivity contribution in [2.24, 2.45) is 11.1 Å². The van der Waals surface area contributed by atoms with Crippen LogP contribution in [0, 0.1) is 19.8 Å². The Morgan fingerprint density at radius 3 is 2.11 bits per heavy atom. The molecule has 0 aliphatic carbocycles. The van der Waals surface area contributed by atoms with E-state index in [4.69, 9.17) is 0 Å². The van der Waals surface area contributed by atoms with E-state index in [1.54, 1.807) is 13.8 Å². The molecule has 0 N–H and O–H groups in total. The van der Waals surface area contributed by atoms with Gasteiger partial charge in [0.05, 0.1) is 11.2 Å². The molecular weight excluding hydrogens is 555 g/mol. The third-order valence-electron chi connectivity index (χ3n) is 6.48. The van der Waals surface area contributed by atoms with Crippen LogP contribution in [0.25, 0.3) is 21.8 Å². The maximum atomic E-state index is 14.1. The number of halogens is 9. The Kier molecular flexibility index (Phi) is 6.29. The minimum atomic E-state index is -7.41. The van der Waals surface area contributed by atoms with Gasteiger partial charge in [0.2, 0.25) is 0 Å². The SMILES string of the molecule is CCC1Cn2c3ccc(C)cc3c3cc(C)cc(c32)/C1=N/OS(=O)(=O)C(F)(F)C(F)(F)C(F)(F)C(F)(F)F. The lowest BCUT2D eigenvalue weighted by atomic mass is 9.89. The van der Waals surface area contributed by atoms with Crippen molar-refractivity contribution in [1.82, 2.24) is 4.57 Å². The number of benzene rings is 2. The van der Waals surface area contributed by atoms with Gasteiger partial charge in [0.25, 0.3) is 0 Å². The fourth-order valence-corrected chi connectivity index (χ4v) is 5.22. The van der Waals surface area contributed by atoms with E-state index in [-0.39, 0.29) is 24.2 Å². The van der Waals surface area contributed by atoms with Crippen LogP contribution in [0.5, 0.6) is 0 Å². The van der Waals surface area contributed by atoms with Gasteiger partial charge >= 0.3 is 33.4 Å². The Bertz CT molecular complexity index is 1570. The second kappa shape index (κ2) is 8.52. The van der Waals surface area contributed by atoms with Gasteiger partial charge in [0.15, 0.2) is 0 Å². The first kappa shape index (κ1) is 28.0. The first-order chi connectivity index (χ1) is 17.3. The summed E-state index contributed by atoms with van der Waals surface area (Å²) in [5.74, 6) is -15.5. The van der Waals surface area contributed by atoms with Crippen molar-refractivity contribution in [2.45, 2.75) is 57.0 Å². The molecule has 0 bridgehead atoms. The molecule has 1 unspecified atom stereocenters. The fourth-order valence-electron chi connectivity index (χ4n) is 4.51. The van der Waals surface area contributed by atoms with Crippen molar-refractivity contribution in [3.63, 3.8) is 0 Å². The number of hydrogen-bond acceptors (Lipinski definition) is 4. The van der Waals surface area contributed by atoms with Crippen molar-refractivity contribution in [2.75, 3.05) is 0 Å². The third kappa shape index (κ3) is 3.83. The van der Waals surface area contributed by atoms with Crippen molar-refractivity contribution in [1.29, 1.82) is 0 Å². The molecule has 0 saturated carbocycles. The first-order valence-electron chi connectivity index (χ1n) is 11.0. The molecule has 1 aliphatic heterocycles. The van der Waals surface area contributed by atoms with Crippen molar-refractivity contribution < 1.29 is 52.2 Å². The average Bonchev–Trinajstić information content (AvgIpc) is 3.09. The maximum Gasteiger partial charge on any atom is 0.460 e. The molecular formula is C23H19F9N2O3S. The lowest BCUT2D eigenvalue weighted by molar-refractivity contribution is -0.382. The van der Waals surface area contributed by atoms with Crippen LogP contribution < -0.4 is 0 Å². The Labute approximate surface area is 210 Å². The summed E-state index contributed by atoms with van der Waals surface area (Å²) >= 11 is 0. The summed E-state index contributed by atoms with van der Waals surface area (Å²) < 4.78 is 149. The van der Waals surface area contributed by atoms with E-state index < -0.39 is 39.3 Å². The van der Waals surface area contributed by atoms with Gasteiger partial charge < -0.3 is 4.57 Å². The molecule has 0 spiro atoms. The second-order valence-electron chi connectivity index (χ2n) is 9.11. The molecule has 38 heavy (non-hydrogen) atoms. The topological polar surface area (TPSA) is 60.7 Å². The summed E-state index contributed by atoms with van der Waals surface area (Å²) in [7, 11) is -7.14. The highest BCUT2D eigenvalue weighted by molar-refractivity contribution is 7.87. The summed E-state index contributed by atoms with van der Waals surface area (Å²) in [5.41, 5.74) is 2.79. The second-order valence-corrected chi connectivity index (χ2v) is 10.7. The van der Waals surface area contributed by atoms with Crippen LogP contribution in [0.1, 0.15) is 30.0 Å². The molecule has 0 fully saturated rings. The van der Waals surface area contributed by atoms with Crippen molar-refractivity contribution in [3.05, 3.63) is 47.0 Å². The summed E-state index contributed by atoms with van der Waals surface area (Å²) in [5, 5.41) is -2.33. The maximum absolute atomic E-state index is 14.1. The summed E-state index contributed by atoms with van der Waals surface area (Å²) in [6.07, 6.45) is -6.96. The molecule has 2 aromatic carbocycles. The van der Waals surface area contributed by atoms with Crippen LogP contribution in [0.4, 0.5) is 39.5 Å². The quantitative estimate of drug-likeness (QED) is 0.237. The van der Waals surface area contributed by atoms with E-state index in [0.29, 0.717) is 16.5 Å². The zero-order chi connectivity index (χ0) is 28.6. The lowest BCUT2D eigenvalue weighted by Crippen LogP contribution is -2.63. The fraction of sp³-hybridized carbons (Fsp3) is 0.435. The molecule has 0 amide bonds. The van der Waals surface area contributed by atoms with Gasteiger partial charge in [-0.2, -0.15) is 47.9 Å². The van der Waals surface area contributed by atoms with Crippen LogP contribution in [0.2, 0.25) is 0 Å². The number of hydrogen-bond donors (Lipinski definition) is 0. The van der Waals surface area contributed by atoms with Gasteiger partial charge in [-0.1, -0.05) is 23.7 Å². The van der Waals surface area contributed by atoms with Gasteiger partial charge in [-0.3, -0.25) is 4.28 Å². The first-order valence-corrected chi connectivity index (χ1v) is 12.4. The highest BCUT2D eigenvalue weighted by Gasteiger charge is 2.86. The van der Waals surface area contributed by atoms with Crippen molar-refractivity contribution in [3.8, 4) is 0 Å². The van der Waals surface area contributed by atoms with E-state index in [0.717, 1.165) is 16.5 Å². The number of fused-ring (bicyclic) bond motifs is 3. The van der Waals surface area contributed by atoms with E-state index in [9.17, 15) is 47.9 Å². The van der Waals surface area contributed by atoms with Gasteiger partial charge in [-0.05, 0) is 50.1 Å². The minimum Gasteiger partial charge on any atom is -0.339 e. The Balaban J connectivity index is 1.86. The monoisotopic (exact) mass is 574 g/mol. The van der Waals surface area contributed by atoms with Crippen LogP contribution >= 0.6 is 0 Å². The number of aromatic nitrogens is 1. The summed E-state index contributed by atoms with van der Waals surface area (Å²) in [4.78, 5) is 0.